The van der Waals surface area contributed by atoms with Gasteiger partial charge in [0.05, 0.1) is 12.0 Å². The molecular formula is C12H14O4. The fourth-order valence-electron chi connectivity index (χ4n) is 3.50. The van der Waals surface area contributed by atoms with E-state index in [1.165, 1.54) is 0 Å². The topological polar surface area (TPSA) is 63.6 Å². The van der Waals surface area contributed by atoms with Crippen LogP contribution in [0.3, 0.4) is 0 Å². The van der Waals surface area contributed by atoms with Crippen molar-refractivity contribution in [1.29, 1.82) is 0 Å². The lowest BCUT2D eigenvalue weighted by atomic mass is 9.56. The van der Waals surface area contributed by atoms with E-state index in [0.29, 0.717) is 12.8 Å². The molecule has 2 fully saturated rings. The summed E-state index contributed by atoms with van der Waals surface area (Å²) in [6, 6.07) is 0. The number of ketones is 1. The molecule has 0 radical (unpaired) electrons. The molecule has 1 heterocycles. The normalized spacial score (nSPS) is 46.1. The van der Waals surface area contributed by atoms with Gasteiger partial charge in [0.15, 0.2) is 0 Å². The van der Waals surface area contributed by atoms with Gasteiger partial charge in [0, 0.05) is 12.3 Å². The first kappa shape index (κ1) is 10.0. The van der Waals surface area contributed by atoms with Crippen LogP contribution in [-0.4, -0.2) is 29.6 Å². The Balaban J connectivity index is 2.16. The average Bonchev–Trinajstić information content (AvgIpc) is 2.51. The number of hydrogen-bond donors (Lipinski definition) is 1. The summed E-state index contributed by atoms with van der Waals surface area (Å²) >= 11 is 0. The molecule has 16 heavy (non-hydrogen) atoms. The van der Waals surface area contributed by atoms with E-state index in [9.17, 15) is 14.7 Å². The molecule has 86 valence electrons. The van der Waals surface area contributed by atoms with E-state index >= 15 is 0 Å². The maximum Gasteiger partial charge on any atom is 0.315 e. The van der Waals surface area contributed by atoms with E-state index in [4.69, 9.17) is 4.74 Å². The van der Waals surface area contributed by atoms with Gasteiger partial charge in [0.25, 0.3) is 0 Å². The van der Waals surface area contributed by atoms with Gasteiger partial charge in [0.2, 0.25) is 0 Å². The molecule has 3 rings (SSSR count). The van der Waals surface area contributed by atoms with Crippen molar-refractivity contribution in [2.75, 3.05) is 6.61 Å². The minimum absolute atomic E-state index is 0.0601. The van der Waals surface area contributed by atoms with Gasteiger partial charge in [-0.1, -0.05) is 11.6 Å². The van der Waals surface area contributed by atoms with Crippen LogP contribution < -0.4 is 0 Å². The van der Waals surface area contributed by atoms with Crippen LogP contribution in [0, 0.1) is 17.3 Å². The van der Waals surface area contributed by atoms with Crippen LogP contribution >= 0.6 is 0 Å². The van der Waals surface area contributed by atoms with Crippen LogP contribution in [-0.2, 0) is 14.3 Å². The third kappa shape index (κ3) is 0.981. The summed E-state index contributed by atoms with van der Waals surface area (Å²) in [5, 5.41) is 10.3. The number of cyclic esters (lactones) is 1. The minimum atomic E-state index is -0.973. The summed E-state index contributed by atoms with van der Waals surface area (Å²) in [5.41, 5.74) is 0.102. The molecule has 4 atom stereocenters. The molecule has 3 aliphatic rings. The zero-order chi connectivity index (χ0) is 11.5. The number of allylic oxidation sites excluding steroid dienone is 1. The highest BCUT2D eigenvalue weighted by Gasteiger charge is 2.64. The molecule has 0 aromatic carbocycles. The molecule has 1 N–H and O–H groups in total. The van der Waals surface area contributed by atoms with Gasteiger partial charge in [0.1, 0.15) is 17.8 Å². The van der Waals surface area contributed by atoms with Crippen molar-refractivity contribution < 1.29 is 19.4 Å². The molecule has 1 aliphatic heterocycles. The lowest BCUT2D eigenvalue weighted by molar-refractivity contribution is -0.161. The zero-order valence-electron chi connectivity index (χ0n) is 9.10. The van der Waals surface area contributed by atoms with Crippen LogP contribution in [0.2, 0.25) is 0 Å². The van der Waals surface area contributed by atoms with Gasteiger partial charge >= 0.3 is 5.97 Å². The Morgan fingerprint density at radius 2 is 2.25 bits per heavy atom. The number of aliphatic hydroxyl groups excluding tert-OH is 1. The summed E-state index contributed by atoms with van der Waals surface area (Å²) in [5.74, 6) is -0.974. The van der Waals surface area contributed by atoms with E-state index in [1.54, 1.807) is 0 Å². The van der Waals surface area contributed by atoms with E-state index < -0.39 is 23.4 Å². The van der Waals surface area contributed by atoms with Crippen molar-refractivity contribution in [1.82, 2.24) is 0 Å². The third-order valence-corrected chi connectivity index (χ3v) is 4.21. The predicted octanol–water partition coefficient (Wildman–Crippen LogP) is 0.446. The molecule has 1 saturated carbocycles. The molecule has 2 bridgehead atoms. The maximum absolute atomic E-state index is 11.9. The minimum Gasteiger partial charge on any atom is -0.464 e. The van der Waals surface area contributed by atoms with Gasteiger partial charge in [-0.05, 0) is 13.3 Å². The Hall–Kier alpha value is -1.16. The molecule has 2 aliphatic carbocycles. The fourth-order valence-corrected chi connectivity index (χ4v) is 3.50. The molecule has 0 unspecified atom stereocenters. The lowest BCUT2D eigenvalue weighted by Gasteiger charge is -2.45. The van der Waals surface area contributed by atoms with Gasteiger partial charge in [-0.25, -0.2) is 0 Å². The molecule has 4 heteroatoms. The Kier molecular flexibility index (Phi) is 1.84. The molecule has 0 aromatic rings. The van der Waals surface area contributed by atoms with E-state index in [-0.39, 0.29) is 18.3 Å². The lowest BCUT2D eigenvalue weighted by Crippen LogP contribution is -2.56. The second kappa shape index (κ2) is 2.94. The Morgan fingerprint density at radius 3 is 3.00 bits per heavy atom. The fraction of sp³-hybridized carbons (Fsp3) is 0.667. The number of hydrogen-bond acceptors (Lipinski definition) is 4. The van der Waals surface area contributed by atoms with Crippen LogP contribution in [0.5, 0.6) is 0 Å². The SMILES string of the molecule is CC1=C[C@H]2CC(=O)[C@@H]3COC(=O)[C@]3(C1)[C@@H]2O. The first-order chi connectivity index (χ1) is 7.55. The first-order valence-electron chi connectivity index (χ1n) is 5.61. The van der Waals surface area contributed by atoms with Gasteiger partial charge < -0.3 is 9.84 Å². The first-order valence-corrected chi connectivity index (χ1v) is 5.61. The number of fused-ring (bicyclic) bond motifs is 1. The molecule has 1 saturated heterocycles. The molecule has 0 aromatic heterocycles. The summed E-state index contributed by atoms with van der Waals surface area (Å²) in [4.78, 5) is 23.8. The summed E-state index contributed by atoms with van der Waals surface area (Å²) in [7, 11) is 0. The predicted molar refractivity (Wildman–Crippen MR) is 54.4 cm³/mol. The number of esters is 1. The average molecular weight is 222 g/mol. The Morgan fingerprint density at radius 1 is 1.50 bits per heavy atom. The quantitative estimate of drug-likeness (QED) is 0.477. The smallest absolute Gasteiger partial charge is 0.315 e. The van der Waals surface area contributed by atoms with Crippen molar-refractivity contribution in [2.45, 2.75) is 25.9 Å². The van der Waals surface area contributed by atoms with Crippen molar-refractivity contribution in [3.05, 3.63) is 11.6 Å². The van der Waals surface area contributed by atoms with Crippen LogP contribution in [0.4, 0.5) is 0 Å². The highest BCUT2D eigenvalue weighted by Crippen LogP contribution is 2.53. The summed E-state index contributed by atoms with van der Waals surface area (Å²) in [6.45, 7) is 2.09. The molecule has 4 nitrogen and oxygen atoms in total. The number of Topliss-reactive ketones (excluding diaryl/α,β-unsaturated/α-hetero) is 1. The number of carbonyl (C=O) groups is 2. The highest BCUT2D eigenvalue weighted by atomic mass is 16.5. The largest absolute Gasteiger partial charge is 0.464 e. The Bertz CT molecular complexity index is 411. The summed E-state index contributed by atoms with van der Waals surface area (Å²) < 4.78 is 5.02. The second-order valence-corrected chi connectivity index (χ2v) is 5.16. The van der Waals surface area contributed by atoms with Crippen molar-refractivity contribution in [3.8, 4) is 0 Å². The number of aliphatic hydroxyl groups is 1. The van der Waals surface area contributed by atoms with E-state index in [2.05, 4.69) is 0 Å². The van der Waals surface area contributed by atoms with Gasteiger partial charge in [-0.15, -0.1) is 0 Å². The van der Waals surface area contributed by atoms with E-state index in [1.807, 2.05) is 13.0 Å². The van der Waals surface area contributed by atoms with Crippen molar-refractivity contribution in [3.63, 3.8) is 0 Å². The monoisotopic (exact) mass is 222 g/mol. The third-order valence-electron chi connectivity index (χ3n) is 4.21. The number of rotatable bonds is 0. The summed E-state index contributed by atoms with van der Waals surface area (Å²) in [6.07, 6.45) is 1.96. The Labute approximate surface area is 93.3 Å². The van der Waals surface area contributed by atoms with Crippen molar-refractivity contribution in [2.24, 2.45) is 17.3 Å². The maximum atomic E-state index is 11.9. The highest BCUT2D eigenvalue weighted by molar-refractivity contribution is 5.94. The van der Waals surface area contributed by atoms with Crippen LogP contribution in [0.15, 0.2) is 11.6 Å². The second-order valence-electron chi connectivity index (χ2n) is 5.16. The standard InChI is InChI=1S/C12H14O4/c1-6-2-7-3-9(13)8-5-16-11(15)12(8,4-6)10(7)14/h2,7-8,10,14H,3-5H2,1H3/t7-,8-,10+,12-/m0/s1. The van der Waals surface area contributed by atoms with Crippen molar-refractivity contribution >= 4 is 11.8 Å². The number of ether oxygens (including phenoxy) is 1. The molecular weight excluding hydrogens is 208 g/mol. The van der Waals surface area contributed by atoms with Crippen LogP contribution in [0.25, 0.3) is 0 Å². The number of carbonyl (C=O) groups excluding carboxylic acids is 2. The van der Waals surface area contributed by atoms with Gasteiger partial charge in [-0.2, -0.15) is 0 Å². The van der Waals surface area contributed by atoms with E-state index in [0.717, 1.165) is 5.57 Å². The molecule has 1 spiro atoms. The van der Waals surface area contributed by atoms with Gasteiger partial charge in [-0.3, -0.25) is 9.59 Å². The molecule has 0 amide bonds. The van der Waals surface area contributed by atoms with Crippen LogP contribution in [0.1, 0.15) is 19.8 Å². The zero-order valence-corrected chi connectivity index (χ0v) is 9.10.